The van der Waals surface area contributed by atoms with Crippen LogP contribution in [0.5, 0.6) is 0 Å². The molecular formula is C29H30F3N5O3S2. The number of hydrogen-bond donors (Lipinski definition) is 1. The number of carbonyl (C=O) groups is 2. The topological polar surface area (TPSA) is 102 Å². The lowest BCUT2D eigenvalue weighted by Gasteiger charge is -2.45. The molecule has 3 aliphatic rings. The largest absolute Gasteiger partial charge is 0.417 e. The minimum atomic E-state index is -4.77. The zero-order valence-electron chi connectivity index (χ0n) is 23.2. The lowest BCUT2D eigenvalue weighted by atomic mass is 9.70. The SMILES string of the molecule is C=CC(=O)N1[C@H](C)CN(c2nc(=O)n3c4c(c(-c5sccc5C(N)=O)c(C(F)(F)F)cc24)SCC2(CCC2)C3)C[C@@H]1C. The Labute approximate surface area is 248 Å². The van der Waals surface area contributed by atoms with E-state index < -0.39 is 23.3 Å². The summed E-state index contributed by atoms with van der Waals surface area (Å²) < 4.78 is 46.4. The lowest BCUT2D eigenvalue weighted by Crippen LogP contribution is -2.58. The molecule has 0 bridgehead atoms. The molecule has 1 saturated heterocycles. The number of amides is 2. The zero-order chi connectivity index (χ0) is 30.1. The summed E-state index contributed by atoms with van der Waals surface area (Å²) in [7, 11) is 0. The van der Waals surface area contributed by atoms with Crippen LogP contribution < -0.4 is 16.3 Å². The standard InChI is InChI=1S/C29H30F3N5O3S2/c1-4-20(38)37-15(2)11-35(12-16(37)3)26-18-10-19(29(30,31)32)21(23-17(25(33)39)6-9-41-23)24-22(18)36(27(40)34-26)13-28(14-42-24)7-5-8-28/h4,6,9-10,15-16H,1,5,7-8,11-14H2,2-3H3,(H2,33,39)/t15-,16+. The number of piperazine rings is 1. The van der Waals surface area contributed by atoms with Crippen molar-refractivity contribution in [2.24, 2.45) is 11.1 Å². The van der Waals surface area contributed by atoms with Crippen molar-refractivity contribution in [3.8, 4) is 10.4 Å². The number of nitrogens with two attached hydrogens (primary N) is 1. The molecule has 222 valence electrons. The van der Waals surface area contributed by atoms with E-state index in [1.165, 1.54) is 23.9 Å². The molecule has 1 saturated carbocycles. The number of halogens is 3. The number of alkyl halides is 3. The summed E-state index contributed by atoms with van der Waals surface area (Å²) in [6.07, 6.45) is -0.806. The third kappa shape index (κ3) is 4.52. The van der Waals surface area contributed by atoms with Crippen molar-refractivity contribution >= 4 is 51.6 Å². The van der Waals surface area contributed by atoms with Crippen molar-refractivity contribution in [3.05, 3.63) is 51.8 Å². The van der Waals surface area contributed by atoms with Gasteiger partial charge in [-0.15, -0.1) is 23.1 Å². The van der Waals surface area contributed by atoms with Crippen molar-refractivity contribution in [2.75, 3.05) is 23.7 Å². The van der Waals surface area contributed by atoms with Crippen molar-refractivity contribution < 1.29 is 22.8 Å². The average Bonchev–Trinajstić information content (AvgIpc) is 3.31. The van der Waals surface area contributed by atoms with Crippen LogP contribution in [0.1, 0.15) is 49.0 Å². The number of rotatable bonds is 4. The molecule has 1 spiro atoms. The van der Waals surface area contributed by atoms with Gasteiger partial charge in [0.25, 0.3) is 0 Å². The summed E-state index contributed by atoms with van der Waals surface area (Å²) in [6.45, 7) is 8.21. The van der Waals surface area contributed by atoms with Gasteiger partial charge in [-0.2, -0.15) is 18.2 Å². The van der Waals surface area contributed by atoms with Gasteiger partial charge in [0.15, 0.2) is 0 Å². The van der Waals surface area contributed by atoms with Gasteiger partial charge in [-0.1, -0.05) is 13.0 Å². The molecule has 2 amide bonds. The number of thiophene rings is 1. The molecule has 42 heavy (non-hydrogen) atoms. The summed E-state index contributed by atoms with van der Waals surface area (Å²) >= 11 is 2.34. The van der Waals surface area contributed by atoms with Gasteiger partial charge in [0.05, 0.1) is 16.6 Å². The smallest absolute Gasteiger partial charge is 0.366 e. The van der Waals surface area contributed by atoms with Crippen LogP contribution in [-0.2, 0) is 17.5 Å². The highest BCUT2D eigenvalue weighted by Gasteiger charge is 2.44. The number of aromatic nitrogens is 2. The Kier molecular flexibility index (Phi) is 6.95. The molecule has 3 aromatic rings. The first-order valence-corrected chi connectivity index (χ1v) is 15.6. The number of primary amides is 1. The monoisotopic (exact) mass is 617 g/mol. The molecule has 4 heterocycles. The Morgan fingerprint density at radius 1 is 1.21 bits per heavy atom. The summed E-state index contributed by atoms with van der Waals surface area (Å²) in [4.78, 5) is 46.9. The molecule has 0 radical (unpaired) electrons. The van der Waals surface area contributed by atoms with E-state index in [4.69, 9.17) is 5.73 Å². The van der Waals surface area contributed by atoms with Crippen molar-refractivity contribution in [3.63, 3.8) is 0 Å². The highest BCUT2D eigenvalue weighted by atomic mass is 32.2. The third-order valence-corrected chi connectivity index (χ3v) is 11.1. The molecule has 2 N–H and O–H groups in total. The Morgan fingerprint density at radius 3 is 2.48 bits per heavy atom. The van der Waals surface area contributed by atoms with E-state index in [-0.39, 0.29) is 63.7 Å². The van der Waals surface area contributed by atoms with Crippen molar-refractivity contribution in [1.82, 2.24) is 14.5 Å². The molecule has 2 aliphatic heterocycles. The Bertz CT molecular complexity index is 1680. The van der Waals surface area contributed by atoms with E-state index in [9.17, 15) is 27.6 Å². The molecule has 2 atom stereocenters. The van der Waals surface area contributed by atoms with Crippen molar-refractivity contribution in [2.45, 2.75) is 62.8 Å². The Morgan fingerprint density at radius 2 is 1.90 bits per heavy atom. The van der Waals surface area contributed by atoms with Gasteiger partial charge in [0, 0.05) is 58.2 Å². The number of benzene rings is 1. The van der Waals surface area contributed by atoms with Crippen molar-refractivity contribution in [1.29, 1.82) is 0 Å². The summed E-state index contributed by atoms with van der Waals surface area (Å²) in [5.41, 5.74) is 4.24. The van der Waals surface area contributed by atoms with Gasteiger partial charge in [-0.3, -0.25) is 14.2 Å². The molecule has 6 rings (SSSR count). The van der Waals surface area contributed by atoms with Gasteiger partial charge in [-0.05, 0) is 55.7 Å². The minimum Gasteiger partial charge on any atom is -0.366 e. The van der Waals surface area contributed by atoms with Gasteiger partial charge < -0.3 is 15.5 Å². The maximum Gasteiger partial charge on any atom is 0.417 e. The molecule has 13 heteroatoms. The van der Waals surface area contributed by atoms with Crippen LogP contribution in [0.2, 0.25) is 0 Å². The van der Waals surface area contributed by atoms with E-state index in [2.05, 4.69) is 11.6 Å². The van der Waals surface area contributed by atoms with Crippen LogP contribution in [-0.4, -0.2) is 57.2 Å². The van der Waals surface area contributed by atoms with Crippen LogP contribution in [0, 0.1) is 5.41 Å². The van der Waals surface area contributed by atoms with Crippen LogP contribution in [0.3, 0.4) is 0 Å². The maximum atomic E-state index is 14.9. The Hall–Kier alpha value is -3.32. The van der Waals surface area contributed by atoms with Gasteiger partial charge >= 0.3 is 11.9 Å². The number of hydrogen-bond acceptors (Lipinski definition) is 7. The van der Waals surface area contributed by atoms with Crippen LogP contribution in [0.4, 0.5) is 19.0 Å². The van der Waals surface area contributed by atoms with Gasteiger partial charge in [0.1, 0.15) is 5.82 Å². The number of anilines is 1. The summed E-state index contributed by atoms with van der Waals surface area (Å²) in [6, 6.07) is 1.91. The molecular weight excluding hydrogens is 587 g/mol. The molecule has 2 aromatic heterocycles. The van der Waals surface area contributed by atoms with E-state index in [1.807, 2.05) is 18.7 Å². The highest BCUT2D eigenvalue weighted by molar-refractivity contribution is 7.99. The first kappa shape index (κ1) is 28.8. The predicted molar refractivity (Wildman–Crippen MR) is 158 cm³/mol. The normalized spacial score (nSPS) is 21.7. The second-order valence-corrected chi connectivity index (χ2v) is 13.5. The number of thioether (sulfide) groups is 1. The predicted octanol–water partition coefficient (Wildman–Crippen LogP) is 5.13. The molecule has 1 aliphatic carbocycles. The minimum absolute atomic E-state index is 0.0122. The molecule has 8 nitrogen and oxygen atoms in total. The van der Waals surface area contributed by atoms with Crippen LogP contribution >= 0.6 is 23.1 Å². The van der Waals surface area contributed by atoms with E-state index >= 15 is 0 Å². The fraction of sp³-hybridized carbons (Fsp3) is 0.448. The van der Waals surface area contributed by atoms with E-state index in [0.29, 0.717) is 22.7 Å². The second kappa shape index (κ2) is 10.1. The quantitative estimate of drug-likeness (QED) is 0.408. The van der Waals surface area contributed by atoms with Gasteiger partial charge in [-0.25, -0.2) is 4.79 Å². The summed E-state index contributed by atoms with van der Waals surface area (Å²) in [5.74, 6) is -0.340. The molecule has 0 unspecified atom stereocenters. The fourth-order valence-corrected chi connectivity index (χ4v) is 9.26. The number of carbonyl (C=O) groups excluding carboxylic acids is 2. The molecule has 1 aromatic carbocycles. The van der Waals surface area contributed by atoms with E-state index in [1.54, 1.807) is 14.8 Å². The summed E-state index contributed by atoms with van der Waals surface area (Å²) in [5, 5.41) is 1.78. The first-order valence-electron chi connectivity index (χ1n) is 13.7. The number of nitrogens with zero attached hydrogens (tertiary/aromatic N) is 4. The average molecular weight is 618 g/mol. The molecule has 2 fully saturated rings. The lowest BCUT2D eigenvalue weighted by molar-refractivity contribution is -0.137. The van der Waals surface area contributed by atoms with E-state index in [0.717, 1.165) is 36.7 Å². The Balaban J connectivity index is 1.65. The van der Waals surface area contributed by atoms with Crippen LogP contribution in [0.15, 0.2) is 39.9 Å². The fourth-order valence-electron chi connectivity index (χ4n) is 6.69. The highest BCUT2D eigenvalue weighted by Crippen LogP contribution is 2.54. The van der Waals surface area contributed by atoms with Gasteiger partial charge in [0.2, 0.25) is 11.8 Å². The first-order chi connectivity index (χ1) is 19.8. The third-order valence-electron chi connectivity index (χ3n) is 8.74. The van der Waals surface area contributed by atoms with Crippen LogP contribution in [0.25, 0.3) is 21.3 Å². The maximum absolute atomic E-state index is 14.9. The zero-order valence-corrected chi connectivity index (χ0v) is 24.8. The second-order valence-electron chi connectivity index (χ2n) is 11.5.